The molecule has 1 aliphatic rings. The van der Waals surface area contributed by atoms with Gasteiger partial charge in [0, 0.05) is 18.0 Å². The minimum Gasteiger partial charge on any atom is -0.343 e. The molecule has 2 amide bonds. The summed E-state index contributed by atoms with van der Waals surface area (Å²) >= 11 is 0. The van der Waals surface area contributed by atoms with Gasteiger partial charge in [-0.25, -0.2) is 8.78 Å². The zero-order valence-corrected chi connectivity index (χ0v) is 19.8. The van der Waals surface area contributed by atoms with Crippen molar-refractivity contribution >= 4 is 22.7 Å². The summed E-state index contributed by atoms with van der Waals surface area (Å²) in [6.07, 6.45) is 0.807. The molecule has 0 bridgehead atoms. The second kappa shape index (κ2) is 9.06. The highest BCUT2D eigenvalue weighted by Gasteiger charge is 2.47. The van der Waals surface area contributed by atoms with Crippen LogP contribution in [0, 0.1) is 11.3 Å². The molecule has 0 radical (unpaired) electrons. The predicted molar refractivity (Wildman–Crippen MR) is 129 cm³/mol. The van der Waals surface area contributed by atoms with E-state index < -0.39 is 43.3 Å². The van der Waals surface area contributed by atoms with Crippen molar-refractivity contribution in [3.63, 3.8) is 0 Å². The molecule has 4 rings (SSSR count). The molecular formula is C27H26F2N4O2. The van der Waals surface area contributed by atoms with E-state index in [0.717, 1.165) is 16.0 Å². The Balaban J connectivity index is 1.55. The number of benzene rings is 2. The minimum absolute atomic E-state index is 0.0345. The molecule has 0 saturated carbocycles. The Hall–Kier alpha value is -3.86. The monoisotopic (exact) mass is 476 g/mol. The first kappa shape index (κ1) is 24.3. The van der Waals surface area contributed by atoms with Gasteiger partial charge in [-0.2, -0.15) is 5.26 Å². The van der Waals surface area contributed by atoms with Crippen molar-refractivity contribution < 1.29 is 18.4 Å². The van der Waals surface area contributed by atoms with Gasteiger partial charge in [0.1, 0.15) is 6.04 Å². The number of rotatable bonds is 4. The summed E-state index contributed by atoms with van der Waals surface area (Å²) < 4.78 is 27.3. The van der Waals surface area contributed by atoms with Gasteiger partial charge in [-0.05, 0) is 40.3 Å². The third-order valence-electron chi connectivity index (χ3n) is 6.21. The molecule has 1 fully saturated rings. The smallest absolute Gasteiger partial charge is 0.268 e. The molecule has 0 spiro atoms. The predicted octanol–water partition coefficient (Wildman–Crippen LogP) is 4.69. The minimum atomic E-state index is -3.11. The van der Waals surface area contributed by atoms with E-state index >= 15 is 0 Å². The molecule has 0 aliphatic carbocycles. The van der Waals surface area contributed by atoms with E-state index in [1.54, 1.807) is 12.1 Å². The highest BCUT2D eigenvalue weighted by molar-refractivity contribution is 6.07. The van der Waals surface area contributed by atoms with Crippen molar-refractivity contribution in [3.05, 3.63) is 65.9 Å². The van der Waals surface area contributed by atoms with Gasteiger partial charge in [0.25, 0.3) is 11.8 Å². The fourth-order valence-corrected chi connectivity index (χ4v) is 4.23. The van der Waals surface area contributed by atoms with Crippen LogP contribution in [0.1, 0.15) is 43.1 Å². The number of nitriles is 1. The van der Waals surface area contributed by atoms with Crippen molar-refractivity contribution in [1.29, 1.82) is 5.26 Å². The SMILES string of the molecule is CC(C)(C)c1ccc(-c2ccc3nccc(C(=O)NCC(=O)N4CC(F)(F)CC4C#N)c3c2)cc1. The van der Waals surface area contributed by atoms with E-state index in [-0.39, 0.29) is 5.41 Å². The van der Waals surface area contributed by atoms with E-state index in [1.807, 2.05) is 30.3 Å². The molecule has 3 aromatic rings. The van der Waals surface area contributed by atoms with Gasteiger partial charge in [0.05, 0.1) is 30.2 Å². The average Bonchev–Trinajstić information content (AvgIpc) is 3.15. The largest absolute Gasteiger partial charge is 0.343 e. The molecule has 1 aliphatic heterocycles. The summed E-state index contributed by atoms with van der Waals surface area (Å²) in [5.41, 5.74) is 4.08. The molecule has 1 N–H and O–H groups in total. The third-order valence-corrected chi connectivity index (χ3v) is 6.21. The Bertz CT molecular complexity index is 1320. The van der Waals surface area contributed by atoms with Crippen LogP contribution in [0.15, 0.2) is 54.7 Å². The number of hydrogen-bond donors (Lipinski definition) is 1. The topological polar surface area (TPSA) is 86.1 Å². The molecule has 2 heterocycles. The van der Waals surface area contributed by atoms with E-state index in [2.05, 4.69) is 43.2 Å². The quantitative estimate of drug-likeness (QED) is 0.592. The highest BCUT2D eigenvalue weighted by atomic mass is 19.3. The second-order valence-electron chi connectivity index (χ2n) is 9.83. The first-order chi connectivity index (χ1) is 16.5. The number of pyridine rings is 1. The molecule has 8 heteroatoms. The first-order valence-electron chi connectivity index (χ1n) is 11.3. The van der Waals surface area contributed by atoms with Crippen molar-refractivity contribution in [1.82, 2.24) is 15.2 Å². The van der Waals surface area contributed by atoms with Crippen molar-refractivity contribution in [2.75, 3.05) is 13.1 Å². The number of aromatic nitrogens is 1. The van der Waals surface area contributed by atoms with Gasteiger partial charge < -0.3 is 10.2 Å². The lowest BCUT2D eigenvalue weighted by Gasteiger charge is -2.19. The maximum atomic E-state index is 13.6. The van der Waals surface area contributed by atoms with Crippen molar-refractivity contribution in [3.8, 4) is 17.2 Å². The van der Waals surface area contributed by atoms with Crippen LogP contribution in [0.5, 0.6) is 0 Å². The molecule has 1 aromatic heterocycles. The van der Waals surface area contributed by atoms with E-state index in [1.165, 1.54) is 11.8 Å². The van der Waals surface area contributed by atoms with Crippen LogP contribution < -0.4 is 5.32 Å². The summed E-state index contributed by atoms with van der Waals surface area (Å²) in [5.74, 6) is -4.35. The van der Waals surface area contributed by atoms with Crippen molar-refractivity contribution in [2.24, 2.45) is 0 Å². The maximum Gasteiger partial charge on any atom is 0.268 e. The number of carbonyl (C=O) groups excluding carboxylic acids is 2. The fourth-order valence-electron chi connectivity index (χ4n) is 4.23. The van der Waals surface area contributed by atoms with E-state index in [0.29, 0.717) is 16.5 Å². The summed E-state index contributed by atoms with van der Waals surface area (Å²) in [4.78, 5) is 30.5. The van der Waals surface area contributed by atoms with Crippen LogP contribution in [0.4, 0.5) is 8.78 Å². The molecule has 180 valence electrons. The number of likely N-dealkylation sites (tertiary alicyclic amines) is 1. The fraction of sp³-hybridized carbons (Fsp3) is 0.333. The Morgan fingerprint density at radius 2 is 1.83 bits per heavy atom. The second-order valence-corrected chi connectivity index (χ2v) is 9.83. The molecule has 35 heavy (non-hydrogen) atoms. The summed E-state index contributed by atoms with van der Waals surface area (Å²) in [6.45, 7) is 5.14. The number of hydrogen-bond acceptors (Lipinski definition) is 4. The molecule has 1 atom stereocenters. The van der Waals surface area contributed by atoms with Crippen LogP contribution in [-0.2, 0) is 10.2 Å². The van der Waals surface area contributed by atoms with Crippen LogP contribution >= 0.6 is 0 Å². The maximum absolute atomic E-state index is 13.6. The van der Waals surface area contributed by atoms with Gasteiger partial charge in [-0.3, -0.25) is 14.6 Å². The number of nitrogens with zero attached hydrogens (tertiary/aromatic N) is 3. The van der Waals surface area contributed by atoms with Crippen LogP contribution in [0.25, 0.3) is 22.0 Å². The molecule has 1 saturated heterocycles. The Morgan fingerprint density at radius 3 is 2.49 bits per heavy atom. The Morgan fingerprint density at radius 1 is 1.14 bits per heavy atom. The summed E-state index contributed by atoms with van der Waals surface area (Å²) in [7, 11) is 0. The number of amides is 2. The van der Waals surface area contributed by atoms with Gasteiger partial charge in [0.2, 0.25) is 5.91 Å². The third kappa shape index (κ3) is 5.14. The molecule has 6 nitrogen and oxygen atoms in total. The lowest BCUT2D eigenvalue weighted by molar-refractivity contribution is -0.131. The van der Waals surface area contributed by atoms with Gasteiger partial charge >= 0.3 is 0 Å². The Kier molecular flexibility index (Phi) is 6.28. The molecular weight excluding hydrogens is 450 g/mol. The zero-order valence-electron chi connectivity index (χ0n) is 19.8. The van der Waals surface area contributed by atoms with E-state index in [4.69, 9.17) is 5.26 Å². The normalized spacial score (nSPS) is 17.3. The van der Waals surface area contributed by atoms with Crippen LogP contribution in [0.2, 0.25) is 0 Å². The lowest BCUT2D eigenvalue weighted by Crippen LogP contribution is -2.43. The first-order valence-corrected chi connectivity index (χ1v) is 11.3. The number of nitrogens with one attached hydrogen (secondary N) is 1. The van der Waals surface area contributed by atoms with Crippen LogP contribution in [-0.4, -0.2) is 46.8 Å². The van der Waals surface area contributed by atoms with Gasteiger partial charge in [-0.15, -0.1) is 0 Å². The number of alkyl halides is 2. The molecule has 2 aromatic carbocycles. The highest BCUT2D eigenvalue weighted by Crippen LogP contribution is 2.32. The summed E-state index contributed by atoms with van der Waals surface area (Å²) in [5, 5.41) is 12.2. The number of fused-ring (bicyclic) bond motifs is 1. The average molecular weight is 477 g/mol. The lowest BCUT2D eigenvalue weighted by atomic mass is 9.86. The standard InChI is InChI=1S/C27H26F2N4O2/c1-26(2,3)19-7-4-17(5-8-19)18-6-9-23-22(12-18)21(10-11-31-23)25(35)32-15-24(34)33-16-27(28,29)13-20(33)14-30/h4-12,20H,13,15-16H2,1-3H3,(H,32,35). The number of halogens is 2. The molecule has 1 unspecified atom stereocenters. The van der Waals surface area contributed by atoms with Crippen LogP contribution in [0.3, 0.4) is 0 Å². The Labute approximate surface area is 202 Å². The van der Waals surface area contributed by atoms with Gasteiger partial charge in [0.15, 0.2) is 0 Å². The van der Waals surface area contributed by atoms with Gasteiger partial charge in [-0.1, -0.05) is 51.1 Å². The van der Waals surface area contributed by atoms with E-state index in [9.17, 15) is 18.4 Å². The zero-order chi connectivity index (χ0) is 25.4. The summed E-state index contributed by atoms with van der Waals surface area (Å²) in [6, 6.07) is 15.9. The number of carbonyl (C=O) groups is 2. The van der Waals surface area contributed by atoms with Crippen molar-refractivity contribution in [2.45, 2.75) is 44.6 Å².